The van der Waals surface area contributed by atoms with Gasteiger partial charge < -0.3 is 4.90 Å². The van der Waals surface area contributed by atoms with Gasteiger partial charge in [-0.25, -0.2) is 10.1 Å². The van der Waals surface area contributed by atoms with Crippen LogP contribution in [0.4, 0.5) is 0 Å². The Morgan fingerprint density at radius 3 is 2.78 bits per heavy atom. The topological polar surface area (TPSA) is 49.8 Å². The van der Waals surface area contributed by atoms with E-state index >= 15 is 0 Å². The number of nitrogens with zero attached hydrogens (tertiary/aromatic N) is 1. The van der Waals surface area contributed by atoms with Crippen molar-refractivity contribution in [2.24, 2.45) is 0 Å². The molecule has 0 aromatic heterocycles. The van der Waals surface area contributed by atoms with Gasteiger partial charge in [0, 0.05) is 19.9 Å². The summed E-state index contributed by atoms with van der Waals surface area (Å²) in [4.78, 5) is 16.1. The monoisotopic (exact) mass is 131 g/mol. The zero-order chi connectivity index (χ0) is 6.85. The van der Waals surface area contributed by atoms with E-state index in [2.05, 4.69) is 4.89 Å². The highest BCUT2D eigenvalue weighted by molar-refractivity contribution is 5.78. The van der Waals surface area contributed by atoms with Crippen LogP contribution in [-0.2, 0) is 9.68 Å². The summed E-state index contributed by atoms with van der Waals surface area (Å²) >= 11 is 0. The maximum absolute atomic E-state index is 10.7. The van der Waals surface area contributed by atoms with Crippen LogP contribution in [0.25, 0.3) is 0 Å². The molecule has 1 rings (SSSR count). The molecule has 0 spiro atoms. The molecule has 1 amide bonds. The Morgan fingerprint density at radius 2 is 2.56 bits per heavy atom. The van der Waals surface area contributed by atoms with Gasteiger partial charge >= 0.3 is 0 Å². The summed E-state index contributed by atoms with van der Waals surface area (Å²) in [5, 5.41) is 8.16. The summed E-state index contributed by atoms with van der Waals surface area (Å²) in [5.41, 5.74) is 0. The highest BCUT2D eigenvalue weighted by atomic mass is 17.1. The molecule has 0 saturated carbocycles. The Labute approximate surface area is 53.0 Å². The zero-order valence-corrected chi connectivity index (χ0v) is 5.20. The van der Waals surface area contributed by atoms with Crippen LogP contribution in [0.2, 0.25) is 0 Å². The van der Waals surface area contributed by atoms with Crippen molar-refractivity contribution in [2.75, 3.05) is 7.05 Å². The van der Waals surface area contributed by atoms with Gasteiger partial charge in [0.15, 0.2) is 6.23 Å². The molecule has 1 aliphatic heterocycles. The first-order valence-electron chi connectivity index (χ1n) is 2.81. The first-order valence-corrected chi connectivity index (χ1v) is 2.81. The van der Waals surface area contributed by atoms with Gasteiger partial charge in [-0.15, -0.1) is 0 Å². The lowest BCUT2D eigenvalue weighted by Crippen LogP contribution is -2.29. The summed E-state index contributed by atoms with van der Waals surface area (Å²) in [7, 11) is 1.61. The van der Waals surface area contributed by atoms with E-state index in [1.807, 2.05) is 0 Å². The van der Waals surface area contributed by atoms with Crippen molar-refractivity contribution in [1.82, 2.24) is 4.90 Å². The SMILES string of the molecule is CN1C(=O)CCC1OO. The minimum atomic E-state index is -0.419. The molecule has 1 heterocycles. The predicted molar refractivity (Wildman–Crippen MR) is 29.5 cm³/mol. The number of likely N-dealkylation sites (tertiary alicyclic amines) is 1. The molecule has 0 aromatic carbocycles. The summed E-state index contributed by atoms with van der Waals surface area (Å²) < 4.78 is 0. The van der Waals surface area contributed by atoms with E-state index in [1.165, 1.54) is 4.90 Å². The van der Waals surface area contributed by atoms with Crippen LogP contribution in [0.3, 0.4) is 0 Å². The molecule has 0 radical (unpaired) electrons. The van der Waals surface area contributed by atoms with Crippen LogP contribution < -0.4 is 0 Å². The van der Waals surface area contributed by atoms with E-state index in [0.29, 0.717) is 12.8 Å². The number of carbonyl (C=O) groups is 1. The van der Waals surface area contributed by atoms with Crippen molar-refractivity contribution >= 4 is 5.91 Å². The van der Waals surface area contributed by atoms with Crippen molar-refractivity contribution in [3.63, 3.8) is 0 Å². The van der Waals surface area contributed by atoms with Crippen LogP contribution >= 0.6 is 0 Å². The number of rotatable bonds is 1. The molecular formula is C5H9NO3. The molecule has 52 valence electrons. The molecule has 0 aliphatic carbocycles. The molecule has 4 heteroatoms. The first-order chi connectivity index (χ1) is 4.25. The van der Waals surface area contributed by atoms with Crippen molar-refractivity contribution in [2.45, 2.75) is 19.1 Å². The number of hydrogen-bond acceptors (Lipinski definition) is 3. The van der Waals surface area contributed by atoms with Gasteiger partial charge in [-0.3, -0.25) is 4.79 Å². The highest BCUT2D eigenvalue weighted by Crippen LogP contribution is 2.15. The Hall–Kier alpha value is -0.610. The zero-order valence-electron chi connectivity index (χ0n) is 5.20. The van der Waals surface area contributed by atoms with Crippen LogP contribution in [0.1, 0.15) is 12.8 Å². The molecule has 9 heavy (non-hydrogen) atoms. The van der Waals surface area contributed by atoms with E-state index in [-0.39, 0.29) is 5.91 Å². The van der Waals surface area contributed by atoms with E-state index in [0.717, 1.165) is 0 Å². The normalized spacial score (nSPS) is 27.6. The van der Waals surface area contributed by atoms with Gasteiger partial charge in [-0.2, -0.15) is 0 Å². The standard InChI is InChI=1S/C5H9NO3/c1-6-4(7)2-3-5(6)9-8/h5,8H,2-3H2,1H3. The molecule has 4 nitrogen and oxygen atoms in total. The summed E-state index contributed by atoms with van der Waals surface area (Å²) in [6.45, 7) is 0. The predicted octanol–water partition coefficient (Wildman–Crippen LogP) is 0.0543. The minimum Gasteiger partial charge on any atom is -0.317 e. The lowest BCUT2D eigenvalue weighted by molar-refractivity contribution is -0.301. The van der Waals surface area contributed by atoms with Gasteiger partial charge in [-0.1, -0.05) is 0 Å². The van der Waals surface area contributed by atoms with E-state index < -0.39 is 6.23 Å². The molecule has 0 aromatic rings. The molecule has 0 bridgehead atoms. The average Bonchev–Trinajstić information content (AvgIpc) is 2.15. The Kier molecular flexibility index (Phi) is 1.68. The average molecular weight is 131 g/mol. The van der Waals surface area contributed by atoms with E-state index in [4.69, 9.17) is 5.26 Å². The second kappa shape index (κ2) is 2.33. The number of hydrogen-bond donors (Lipinski definition) is 1. The van der Waals surface area contributed by atoms with Gasteiger partial charge in [0.05, 0.1) is 0 Å². The smallest absolute Gasteiger partial charge is 0.224 e. The second-order valence-electron chi connectivity index (χ2n) is 2.10. The van der Waals surface area contributed by atoms with E-state index in [1.54, 1.807) is 7.05 Å². The second-order valence-corrected chi connectivity index (χ2v) is 2.10. The lowest BCUT2D eigenvalue weighted by Gasteiger charge is -2.14. The third-order valence-corrected chi connectivity index (χ3v) is 1.55. The minimum absolute atomic E-state index is 0.0223. The fraction of sp³-hybridized carbons (Fsp3) is 0.800. The number of amides is 1. The largest absolute Gasteiger partial charge is 0.317 e. The Bertz CT molecular complexity index is 125. The fourth-order valence-corrected chi connectivity index (χ4v) is 0.901. The van der Waals surface area contributed by atoms with Crippen LogP contribution in [-0.4, -0.2) is 29.3 Å². The van der Waals surface area contributed by atoms with Crippen LogP contribution in [0, 0.1) is 0 Å². The quantitative estimate of drug-likeness (QED) is 0.404. The molecule has 1 saturated heterocycles. The molecule has 1 fully saturated rings. The van der Waals surface area contributed by atoms with Crippen molar-refractivity contribution in [3.8, 4) is 0 Å². The van der Waals surface area contributed by atoms with Crippen molar-refractivity contribution in [3.05, 3.63) is 0 Å². The molecule has 1 aliphatic rings. The molecule has 1 unspecified atom stereocenters. The molecule has 1 atom stereocenters. The van der Waals surface area contributed by atoms with Crippen molar-refractivity contribution in [1.29, 1.82) is 0 Å². The highest BCUT2D eigenvalue weighted by Gasteiger charge is 2.28. The van der Waals surface area contributed by atoms with Gasteiger partial charge in [-0.05, 0) is 0 Å². The molecule has 1 N–H and O–H groups in total. The Balaban J connectivity index is 2.51. The first kappa shape index (κ1) is 6.51. The maximum atomic E-state index is 10.7. The summed E-state index contributed by atoms with van der Waals surface area (Å²) in [5.74, 6) is 0.0223. The third kappa shape index (κ3) is 1.04. The molecular weight excluding hydrogens is 122 g/mol. The number of carbonyl (C=O) groups excluding carboxylic acids is 1. The van der Waals surface area contributed by atoms with Crippen LogP contribution in [0.5, 0.6) is 0 Å². The van der Waals surface area contributed by atoms with E-state index in [9.17, 15) is 4.79 Å². The van der Waals surface area contributed by atoms with Crippen molar-refractivity contribution < 1.29 is 14.9 Å². The Morgan fingerprint density at radius 1 is 1.89 bits per heavy atom. The summed E-state index contributed by atoms with van der Waals surface area (Å²) in [6, 6.07) is 0. The lowest BCUT2D eigenvalue weighted by atomic mass is 10.4. The maximum Gasteiger partial charge on any atom is 0.224 e. The van der Waals surface area contributed by atoms with Crippen LogP contribution in [0.15, 0.2) is 0 Å². The van der Waals surface area contributed by atoms with Gasteiger partial charge in [0.2, 0.25) is 5.91 Å². The fourth-order valence-electron chi connectivity index (χ4n) is 0.901. The summed E-state index contributed by atoms with van der Waals surface area (Å²) in [6.07, 6.45) is 0.644. The third-order valence-electron chi connectivity index (χ3n) is 1.55. The van der Waals surface area contributed by atoms with Gasteiger partial charge in [0.1, 0.15) is 0 Å². The van der Waals surface area contributed by atoms with Gasteiger partial charge in [0.25, 0.3) is 0 Å².